The van der Waals surface area contributed by atoms with Gasteiger partial charge in [0.15, 0.2) is 0 Å². The molecule has 1 aromatic carbocycles. The van der Waals surface area contributed by atoms with Crippen molar-refractivity contribution in [3.63, 3.8) is 0 Å². The summed E-state index contributed by atoms with van der Waals surface area (Å²) in [4.78, 5) is 11.7. The third-order valence-corrected chi connectivity index (χ3v) is 3.33. The zero-order chi connectivity index (χ0) is 13.2. The van der Waals surface area contributed by atoms with Gasteiger partial charge in [-0.25, -0.2) is 4.79 Å². The Morgan fingerprint density at radius 1 is 1.61 bits per heavy atom. The highest BCUT2D eigenvalue weighted by Gasteiger charge is 2.35. The maximum Gasteiger partial charge on any atom is 0.339 e. The first-order valence-corrected chi connectivity index (χ1v) is 6.22. The van der Waals surface area contributed by atoms with Crippen LogP contribution in [0, 0.1) is 0 Å². The fourth-order valence-electron chi connectivity index (χ4n) is 1.96. The summed E-state index contributed by atoms with van der Waals surface area (Å²) < 4.78 is 10.1. The second-order valence-electron chi connectivity index (χ2n) is 4.25. The van der Waals surface area contributed by atoms with Crippen molar-refractivity contribution in [1.82, 2.24) is 0 Å². The van der Waals surface area contributed by atoms with Gasteiger partial charge < -0.3 is 14.6 Å². The average molecular weight is 271 g/mol. The first-order chi connectivity index (χ1) is 8.57. The van der Waals surface area contributed by atoms with Crippen LogP contribution in [-0.2, 0) is 15.1 Å². The number of hydrogen-bond donors (Lipinski definition) is 1. The predicted octanol–water partition coefficient (Wildman–Crippen LogP) is 2.12. The molecule has 1 aliphatic heterocycles. The van der Waals surface area contributed by atoms with E-state index in [0.717, 1.165) is 0 Å². The average Bonchev–Trinajstić information content (AvgIpc) is 2.78. The largest absolute Gasteiger partial charge is 0.462 e. The molecular weight excluding hydrogens is 256 g/mol. The van der Waals surface area contributed by atoms with E-state index in [9.17, 15) is 9.90 Å². The molecule has 18 heavy (non-hydrogen) atoms. The van der Waals surface area contributed by atoms with Crippen molar-refractivity contribution in [3.05, 3.63) is 34.3 Å². The second kappa shape index (κ2) is 5.26. The van der Waals surface area contributed by atoms with E-state index in [2.05, 4.69) is 0 Å². The van der Waals surface area contributed by atoms with Crippen LogP contribution in [0.15, 0.2) is 18.2 Å². The zero-order valence-electron chi connectivity index (χ0n) is 10.1. The SMILES string of the molecule is CCOC(=O)c1cc(C2(O)CCOC2)ccc1Cl. The number of esters is 1. The van der Waals surface area contributed by atoms with Gasteiger partial charge in [0.2, 0.25) is 0 Å². The monoisotopic (exact) mass is 270 g/mol. The standard InChI is InChI=1S/C13H15ClO4/c1-2-18-12(15)10-7-9(3-4-11(10)14)13(16)5-6-17-8-13/h3-4,7,16H,2,5-6,8H2,1H3. The number of carbonyl (C=O) groups excluding carboxylic acids is 1. The molecule has 0 amide bonds. The van der Waals surface area contributed by atoms with E-state index in [-0.39, 0.29) is 18.8 Å². The third kappa shape index (κ3) is 2.51. The van der Waals surface area contributed by atoms with Crippen LogP contribution in [0.2, 0.25) is 5.02 Å². The highest BCUT2D eigenvalue weighted by molar-refractivity contribution is 6.33. The molecule has 0 aliphatic carbocycles. The first-order valence-electron chi connectivity index (χ1n) is 5.84. The summed E-state index contributed by atoms with van der Waals surface area (Å²) in [7, 11) is 0. The van der Waals surface area contributed by atoms with Gasteiger partial charge in [-0.05, 0) is 24.6 Å². The summed E-state index contributed by atoms with van der Waals surface area (Å²) >= 11 is 5.97. The Morgan fingerprint density at radius 2 is 2.39 bits per heavy atom. The fraction of sp³-hybridized carbons (Fsp3) is 0.462. The molecule has 0 aromatic heterocycles. The van der Waals surface area contributed by atoms with Crippen LogP contribution < -0.4 is 0 Å². The van der Waals surface area contributed by atoms with E-state index in [1.165, 1.54) is 0 Å². The number of carbonyl (C=O) groups is 1. The van der Waals surface area contributed by atoms with Gasteiger partial charge in [-0.1, -0.05) is 17.7 Å². The quantitative estimate of drug-likeness (QED) is 0.855. The molecule has 0 saturated carbocycles. The molecule has 1 heterocycles. The molecule has 0 radical (unpaired) electrons. The predicted molar refractivity (Wildman–Crippen MR) is 66.7 cm³/mol. The molecule has 1 aliphatic rings. The number of halogens is 1. The van der Waals surface area contributed by atoms with Crippen molar-refractivity contribution in [2.24, 2.45) is 0 Å². The van der Waals surface area contributed by atoms with Crippen molar-refractivity contribution in [3.8, 4) is 0 Å². The minimum Gasteiger partial charge on any atom is -0.462 e. The summed E-state index contributed by atoms with van der Waals surface area (Å²) in [6, 6.07) is 4.88. The number of rotatable bonds is 3. The minimum absolute atomic E-state index is 0.233. The first kappa shape index (κ1) is 13.3. The fourth-order valence-corrected chi connectivity index (χ4v) is 2.16. The van der Waals surface area contributed by atoms with Crippen LogP contribution in [0.1, 0.15) is 29.3 Å². The van der Waals surface area contributed by atoms with E-state index in [4.69, 9.17) is 21.1 Å². The van der Waals surface area contributed by atoms with Gasteiger partial charge in [-0.15, -0.1) is 0 Å². The van der Waals surface area contributed by atoms with Crippen LogP contribution in [-0.4, -0.2) is 30.9 Å². The summed E-state index contributed by atoms with van der Waals surface area (Å²) in [5, 5.41) is 10.7. The van der Waals surface area contributed by atoms with Gasteiger partial charge in [0.25, 0.3) is 0 Å². The van der Waals surface area contributed by atoms with Gasteiger partial charge >= 0.3 is 5.97 Å². The van der Waals surface area contributed by atoms with Crippen LogP contribution in [0.25, 0.3) is 0 Å². The number of benzene rings is 1. The normalized spacial score (nSPS) is 23.1. The number of aliphatic hydroxyl groups is 1. The Kier molecular flexibility index (Phi) is 3.90. The topological polar surface area (TPSA) is 55.8 Å². The Labute approximate surface area is 110 Å². The second-order valence-corrected chi connectivity index (χ2v) is 4.66. The molecule has 2 rings (SSSR count). The van der Waals surface area contributed by atoms with Crippen molar-refractivity contribution < 1.29 is 19.4 Å². The lowest BCUT2D eigenvalue weighted by Crippen LogP contribution is -2.26. The Morgan fingerprint density at radius 3 is 3.00 bits per heavy atom. The van der Waals surface area contributed by atoms with E-state index in [1.54, 1.807) is 25.1 Å². The van der Waals surface area contributed by atoms with E-state index in [1.807, 2.05) is 0 Å². The van der Waals surface area contributed by atoms with Crippen molar-refractivity contribution >= 4 is 17.6 Å². The molecule has 0 spiro atoms. The molecular formula is C13H15ClO4. The molecule has 5 heteroatoms. The van der Waals surface area contributed by atoms with E-state index >= 15 is 0 Å². The van der Waals surface area contributed by atoms with Crippen LogP contribution in [0.5, 0.6) is 0 Å². The zero-order valence-corrected chi connectivity index (χ0v) is 10.9. The Hall–Kier alpha value is -1.10. The molecule has 1 N–H and O–H groups in total. The van der Waals surface area contributed by atoms with Crippen molar-refractivity contribution in [2.45, 2.75) is 18.9 Å². The molecule has 0 bridgehead atoms. The summed E-state index contributed by atoms with van der Waals surface area (Å²) in [5.74, 6) is -0.480. The van der Waals surface area contributed by atoms with E-state index < -0.39 is 11.6 Å². The molecule has 4 nitrogen and oxygen atoms in total. The maximum absolute atomic E-state index is 11.7. The lowest BCUT2D eigenvalue weighted by Gasteiger charge is -2.21. The highest BCUT2D eigenvalue weighted by Crippen LogP contribution is 2.32. The van der Waals surface area contributed by atoms with Crippen LogP contribution in [0.4, 0.5) is 0 Å². The highest BCUT2D eigenvalue weighted by atomic mass is 35.5. The Bertz CT molecular complexity index is 452. The van der Waals surface area contributed by atoms with Gasteiger partial charge in [-0.3, -0.25) is 0 Å². The molecule has 1 atom stereocenters. The summed E-state index contributed by atoms with van der Waals surface area (Å²) in [6.07, 6.45) is 0.511. The third-order valence-electron chi connectivity index (χ3n) is 3.00. The van der Waals surface area contributed by atoms with Crippen molar-refractivity contribution in [1.29, 1.82) is 0 Å². The molecule has 1 fully saturated rings. The minimum atomic E-state index is -1.04. The molecule has 98 valence electrons. The maximum atomic E-state index is 11.7. The lowest BCUT2D eigenvalue weighted by molar-refractivity contribution is 0.0230. The van der Waals surface area contributed by atoms with Crippen molar-refractivity contribution in [2.75, 3.05) is 19.8 Å². The van der Waals surface area contributed by atoms with Gasteiger partial charge in [0, 0.05) is 13.0 Å². The molecule has 1 aromatic rings. The molecule has 1 unspecified atom stereocenters. The van der Waals surface area contributed by atoms with Gasteiger partial charge in [0.05, 0.1) is 23.8 Å². The number of hydrogen-bond acceptors (Lipinski definition) is 4. The van der Waals surface area contributed by atoms with E-state index in [0.29, 0.717) is 23.6 Å². The lowest BCUT2D eigenvalue weighted by atomic mass is 9.92. The van der Waals surface area contributed by atoms with Gasteiger partial charge in [-0.2, -0.15) is 0 Å². The van der Waals surface area contributed by atoms with Gasteiger partial charge in [0.1, 0.15) is 5.60 Å². The summed E-state index contributed by atoms with van der Waals surface area (Å²) in [6.45, 7) is 2.76. The van der Waals surface area contributed by atoms with Crippen LogP contribution in [0.3, 0.4) is 0 Å². The number of ether oxygens (including phenoxy) is 2. The smallest absolute Gasteiger partial charge is 0.339 e. The van der Waals surface area contributed by atoms with Crippen LogP contribution >= 0.6 is 11.6 Å². The Balaban J connectivity index is 2.34. The molecule has 1 saturated heterocycles. The summed E-state index contributed by atoms with van der Waals surface area (Å²) in [5.41, 5.74) is -0.130.